The van der Waals surface area contributed by atoms with Gasteiger partial charge < -0.3 is 14.8 Å². The van der Waals surface area contributed by atoms with Crippen LogP contribution in [0.25, 0.3) is 0 Å². The highest BCUT2D eigenvalue weighted by Crippen LogP contribution is 2.20. The van der Waals surface area contributed by atoms with Gasteiger partial charge in [-0.25, -0.2) is 0 Å². The van der Waals surface area contributed by atoms with Crippen LogP contribution >= 0.6 is 0 Å². The van der Waals surface area contributed by atoms with Crippen molar-refractivity contribution in [2.75, 3.05) is 19.8 Å². The van der Waals surface area contributed by atoms with Crippen molar-refractivity contribution in [3.05, 3.63) is 0 Å². The van der Waals surface area contributed by atoms with Gasteiger partial charge in [-0.1, -0.05) is 13.8 Å². The average molecular weight is 215 g/mol. The molecule has 0 spiro atoms. The molecule has 0 aliphatic carbocycles. The molecule has 0 radical (unpaired) electrons. The Kier molecular flexibility index (Phi) is 5.03. The van der Waals surface area contributed by atoms with E-state index >= 15 is 0 Å². The van der Waals surface area contributed by atoms with Gasteiger partial charge in [0, 0.05) is 12.1 Å². The summed E-state index contributed by atoms with van der Waals surface area (Å²) in [6, 6.07) is 0. The summed E-state index contributed by atoms with van der Waals surface area (Å²) >= 11 is 0. The van der Waals surface area contributed by atoms with Crippen LogP contribution in [0.3, 0.4) is 0 Å². The summed E-state index contributed by atoms with van der Waals surface area (Å²) in [5, 5.41) is 3.60. The molecule has 3 heteroatoms. The Hall–Kier alpha value is -0.120. The molecule has 1 fully saturated rings. The van der Waals surface area contributed by atoms with E-state index in [2.05, 4.69) is 33.0 Å². The number of hydrogen-bond donors (Lipinski definition) is 1. The van der Waals surface area contributed by atoms with E-state index in [4.69, 9.17) is 9.47 Å². The van der Waals surface area contributed by atoms with Crippen molar-refractivity contribution in [3.8, 4) is 0 Å². The van der Waals surface area contributed by atoms with Crippen LogP contribution in [0.1, 0.15) is 40.5 Å². The lowest BCUT2D eigenvalue weighted by Crippen LogP contribution is -2.57. The van der Waals surface area contributed by atoms with Crippen molar-refractivity contribution in [1.82, 2.24) is 5.32 Å². The molecule has 15 heavy (non-hydrogen) atoms. The SMILES string of the molecule is CCC1(CC)COC(COC(C)C)CN1. The molecule has 0 aromatic rings. The molecule has 1 saturated heterocycles. The van der Waals surface area contributed by atoms with E-state index in [0.717, 1.165) is 26.0 Å². The first kappa shape index (κ1) is 12.9. The fourth-order valence-corrected chi connectivity index (χ4v) is 1.83. The van der Waals surface area contributed by atoms with Gasteiger partial charge in [0.15, 0.2) is 0 Å². The van der Waals surface area contributed by atoms with Crippen LogP contribution in [0, 0.1) is 0 Å². The molecule has 0 bridgehead atoms. The van der Waals surface area contributed by atoms with Crippen molar-refractivity contribution >= 4 is 0 Å². The highest BCUT2D eigenvalue weighted by Gasteiger charge is 2.32. The van der Waals surface area contributed by atoms with Gasteiger partial charge in [0.1, 0.15) is 0 Å². The van der Waals surface area contributed by atoms with Crippen LogP contribution in [-0.4, -0.2) is 37.5 Å². The second kappa shape index (κ2) is 5.83. The fourth-order valence-electron chi connectivity index (χ4n) is 1.83. The lowest BCUT2D eigenvalue weighted by atomic mass is 9.92. The predicted molar refractivity (Wildman–Crippen MR) is 62.1 cm³/mol. The molecule has 0 saturated carbocycles. The summed E-state index contributed by atoms with van der Waals surface area (Å²) in [5.41, 5.74) is 0.203. The quantitative estimate of drug-likeness (QED) is 0.760. The summed E-state index contributed by atoms with van der Waals surface area (Å²) in [7, 11) is 0. The molecule has 1 aliphatic heterocycles. The Balaban J connectivity index is 2.28. The van der Waals surface area contributed by atoms with Crippen LogP contribution in [0.2, 0.25) is 0 Å². The van der Waals surface area contributed by atoms with Gasteiger partial charge >= 0.3 is 0 Å². The smallest absolute Gasteiger partial charge is 0.0933 e. The molecule has 1 rings (SSSR count). The topological polar surface area (TPSA) is 30.5 Å². The molecule has 0 aromatic carbocycles. The minimum Gasteiger partial charge on any atom is -0.376 e. The predicted octanol–water partition coefficient (Wildman–Crippen LogP) is 1.96. The lowest BCUT2D eigenvalue weighted by Gasteiger charge is -2.40. The Labute approximate surface area is 93.5 Å². The molecule has 90 valence electrons. The maximum absolute atomic E-state index is 5.84. The van der Waals surface area contributed by atoms with Crippen LogP contribution in [-0.2, 0) is 9.47 Å². The maximum Gasteiger partial charge on any atom is 0.0933 e. The van der Waals surface area contributed by atoms with Gasteiger partial charge in [-0.05, 0) is 26.7 Å². The van der Waals surface area contributed by atoms with Gasteiger partial charge in [-0.15, -0.1) is 0 Å². The van der Waals surface area contributed by atoms with Crippen LogP contribution in [0.5, 0.6) is 0 Å². The minimum absolute atomic E-state index is 0.203. The van der Waals surface area contributed by atoms with Crippen LogP contribution in [0.15, 0.2) is 0 Å². The molecule has 1 atom stereocenters. The van der Waals surface area contributed by atoms with Crippen molar-refractivity contribution in [2.24, 2.45) is 0 Å². The Morgan fingerprint density at radius 3 is 2.47 bits per heavy atom. The number of ether oxygens (including phenoxy) is 2. The minimum atomic E-state index is 0.203. The number of morpholine rings is 1. The highest BCUT2D eigenvalue weighted by atomic mass is 16.5. The van der Waals surface area contributed by atoms with Gasteiger partial charge in [-0.2, -0.15) is 0 Å². The fraction of sp³-hybridized carbons (Fsp3) is 1.00. The monoisotopic (exact) mass is 215 g/mol. The van der Waals surface area contributed by atoms with E-state index in [9.17, 15) is 0 Å². The molecule has 1 N–H and O–H groups in total. The van der Waals surface area contributed by atoms with Crippen molar-refractivity contribution in [2.45, 2.75) is 58.3 Å². The zero-order valence-electron chi connectivity index (χ0n) is 10.5. The molecule has 3 nitrogen and oxygen atoms in total. The number of nitrogens with one attached hydrogen (secondary N) is 1. The van der Waals surface area contributed by atoms with Gasteiger partial charge in [-0.3, -0.25) is 0 Å². The van der Waals surface area contributed by atoms with E-state index in [1.165, 1.54) is 0 Å². The first-order valence-corrected chi connectivity index (χ1v) is 6.10. The van der Waals surface area contributed by atoms with Crippen molar-refractivity contribution in [1.29, 1.82) is 0 Å². The summed E-state index contributed by atoms with van der Waals surface area (Å²) in [6.45, 7) is 11.0. The standard InChI is InChI=1S/C12H25NO2/c1-5-12(6-2)9-15-11(7-13-12)8-14-10(3)4/h10-11,13H,5-9H2,1-4H3. The normalized spacial score (nSPS) is 25.8. The first-order valence-electron chi connectivity index (χ1n) is 6.10. The molecular weight excluding hydrogens is 190 g/mol. The molecule has 0 aromatic heterocycles. The Morgan fingerprint density at radius 1 is 1.40 bits per heavy atom. The van der Waals surface area contributed by atoms with Gasteiger partial charge in [0.2, 0.25) is 0 Å². The van der Waals surface area contributed by atoms with Gasteiger partial charge in [0.25, 0.3) is 0 Å². The van der Waals surface area contributed by atoms with Crippen LogP contribution < -0.4 is 5.32 Å². The van der Waals surface area contributed by atoms with E-state index < -0.39 is 0 Å². The summed E-state index contributed by atoms with van der Waals surface area (Å²) in [4.78, 5) is 0. The Morgan fingerprint density at radius 2 is 2.07 bits per heavy atom. The molecule has 1 unspecified atom stereocenters. The zero-order valence-corrected chi connectivity index (χ0v) is 10.5. The van der Waals surface area contributed by atoms with E-state index in [1.54, 1.807) is 0 Å². The molecular formula is C12H25NO2. The second-order valence-electron chi connectivity index (χ2n) is 4.68. The summed E-state index contributed by atoms with van der Waals surface area (Å²) in [6.07, 6.45) is 2.76. The molecule has 0 amide bonds. The second-order valence-corrected chi connectivity index (χ2v) is 4.68. The third kappa shape index (κ3) is 3.74. The summed E-state index contributed by atoms with van der Waals surface area (Å²) in [5.74, 6) is 0. The summed E-state index contributed by atoms with van der Waals surface area (Å²) < 4.78 is 11.4. The third-order valence-corrected chi connectivity index (χ3v) is 3.27. The largest absolute Gasteiger partial charge is 0.376 e. The highest BCUT2D eigenvalue weighted by molar-refractivity contribution is 4.90. The molecule has 1 heterocycles. The average Bonchev–Trinajstić information content (AvgIpc) is 2.27. The van der Waals surface area contributed by atoms with E-state index in [1.807, 2.05) is 0 Å². The number of hydrogen-bond acceptors (Lipinski definition) is 3. The molecule has 1 aliphatic rings. The van der Waals surface area contributed by atoms with E-state index in [0.29, 0.717) is 6.61 Å². The third-order valence-electron chi connectivity index (χ3n) is 3.27. The first-order chi connectivity index (χ1) is 7.12. The van der Waals surface area contributed by atoms with Crippen LogP contribution in [0.4, 0.5) is 0 Å². The number of rotatable bonds is 5. The zero-order chi connectivity index (χ0) is 11.3. The van der Waals surface area contributed by atoms with Gasteiger partial charge in [0.05, 0.1) is 25.4 Å². The van der Waals surface area contributed by atoms with Crippen molar-refractivity contribution in [3.63, 3.8) is 0 Å². The maximum atomic E-state index is 5.84. The van der Waals surface area contributed by atoms with Crippen molar-refractivity contribution < 1.29 is 9.47 Å². The Bertz CT molecular complexity index is 168. The van der Waals surface area contributed by atoms with E-state index in [-0.39, 0.29) is 17.7 Å². The lowest BCUT2D eigenvalue weighted by molar-refractivity contribution is -0.0822.